The van der Waals surface area contributed by atoms with Crippen molar-refractivity contribution in [1.29, 1.82) is 0 Å². The number of amides is 1. The summed E-state index contributed by atoms with van der Waals surface area (Å²) in [5, 5.41) is 2.77. The monoisotopic (exact) mass is 235 g/mol. The predicted molar refractivity (Wildman–Crippen MR) is 64.4 cm³/mol. The molecule has 1 rings (SSSR count). The Labute approximate surface area is 101 Å². The lowest BCUT2D eigenvalue weighted by Gasteiger charge is -2.17. The molecule has 0 saturated carbocycles. The largest absolute Gasteiger partial charge is 0.464 e. The summed E-state index contributed by atoms with van der Waals surface area (Å²) in [5.41, 5.74) is 1.10. The summed E-state index contributed by atoms with van der Waals surface area (Å²) in [7, 11) is 0. The van der Waals surface area contributed by atoms with Gasteiger partial charge < -0.3 is 10.1 Å². The van der Waals surface area contributed by atoms with Gasteiger partial charge >= 0.3 is 5.97 Å². The third-order valence-electron chi connectivity index (χ3n) is 2.22. The number of carbonyl (C=O) groups is 2. The highest BCUT2D eigenvalue weighted by atomic mass is 16.5. The van der Waals surface area contributed by atoms with Gasteiger partial charge in [-0.05, 0) is 12.0 Å². The molecule has 0 aliphatic carbocycles. The fourth-order valence-electron chi connectivity index (χ4n) is 1.56. The molecule has 0 saturated heterocycles. The number of nitrogens with one attached hydrogen (secondary N) is 1. The van der Waals surface area contributed by atoms with Crippen LogP contribution in [-0.2, 0) is 20.7 Å². The minimum atomic E-state index is -0.339. The standard InChI is InChI=1S/C13H17NO3/c1-10(15)14-13(9-17-11(2)16)8-12-6-4-3-5-7-12/h3-7,13H,8-9H2,1-2H3,(H,14,15)/t13-/m0/s1. The zero-order valence-electron chi connectivity index (χ0n) is 10.1. The molecule has 0 aromatic heterocycles. The van der Waals surface area contributed by atoms with Crippen LogP contribution >= 0.6 is 0 Å². The van der Waals surface area contributed by atoms with Crippen molar-refractivity contribution in [1.82, 2.24) is 5.32 Å². The van der Waals surface area contributed by atoms with E-state index in [-0.39, 0.29) is 24.5 Å². The van der Waals surface area contributed by atoms with Crippen molar-refractivity contribution in [3.8, 4) is 0 Å². The maximum atomic E-state index is 11.0. The molecule has 1 aromatic carbocycles. The number of carbonyl (C=O) groups excluding carboxylic acids is 2. The van der Waals surface area contributed by atoms with Gasteiger partial charge in [-0.1, -0.05) is 30.3 Å². The first kappa shape index (κ1) is 13.2. The van der Waals surface area contributed by atoms with Crippen molar-refractivity contribution in [2.24, 2.45) is 0 Å². The highest BCUT2D eigenvalue weighted by molar-refractivity contribution is 5.73. The van der Waals surface area contributed by atoms with Gasteiger partial charge in [-0.25, -0.2) is 0 Å². The van der Waals surface area contributed by atoms with Crippen molar-refractivity contribution in [2.75, 3.05) is 6.61 Å². The van der Waals surface area contributed by atoms with E-state index in [1.807, 2.05) is 30.3 Å². The predicted octanol–water partition coefficient (Wildman–Crippen LogP) is 1.30. The van der Waals surface area contributed by atoms with Crippen molar-refractivity contribution in [3.05, 3.63) is 35.9 Å². The lowest BCUT2D eigenvalue weighted by molar-refractivity contribution is -0.142. The Hall–Kier alpha value is -1.84. The topological polar surface area (TPSA) is 55.4 Å². The summed E-state index contributed by atoms with van der Waals surface area (Å²) in [6, 6.07) is 9.57. The summed E-state index contributed by atoms with van der Waals surface area (Å²) >= 11 is 0. The van der Waals surface area contributed by atoms with Crippen molar-refractivity contribution in [2.45, 2.75) is 26.3 Å². The van der Waals surface area contributed by atoms with Crippen LogP contribution in [0.4, 0.5) is 0 Å². The van der Waals surface area contributed by atoms with Crippen LogP contribution in [0.1, 0.15) is 19.4 Å². The summed E-state index contributed by atoms with van der Waals surface area (Å²) in [4.78, 5) is 21.8. The molecule has 0 bridgehead atoms. The van der Waals surface area contributed by atoms with Crippen LogP contribution in [0.15, 0.2) is 30.3 Å². The van der Waals surface area contributed by atoms with E-state index in [1.54, 1.807) is 0 Å². The Morgan fingerprint density at radius 3 is 2.41 bits per heavy atom. The summed E-state index contributed by atoms with van der Waals surface area (Å²) in [6.45, 7) is 3.00. The molecule has 1 aromatic rings. The summed E-state index contributed by atoms with van der Waals surface area (Å²) < 4.78 is 4.92. The molecule has 0 aliphatic rings. The zero-order valence-corrected chi connectivity index (χ0v) is 10.1. The molecular formula is C13H17NO3. The molecule has 0 radical (unpaired) electrons. The number of esters is 1. The summed E-state index contributed by atoms with van der Waals surface area (Å²) in [5.74, 6) is -0.466. The number of ether oxygens (including phenoxy) is 1. The van der Waals surface area contributed by atoms with E-state index in [4.69, 9.17) is 4.74 Å². The Balaban J connectivity index is 2.56. The minimum absolute atomic E-state index is 0.127. The van der Waals surface area contributed by atoms with Crippen LogP contribution in [0, 0.1) is 0 Å². The second kappa shape index (κ2) is 6.68. The van der Waals surface area contributed by atoms with E-state index in [1.165, 1.54) is 13.8 Å². The molecule has 4 heteroatoms. The van der Waals surface area contributed by atoms with Gasteiger partial charge in [0.1, 0.15) is 6.61 Å². The van der Waals surface area contributed by atoms with E-state index < -0.39 is 0 Å². The highest BCUT2D eigenvalue weighted by Crippen LogP contribution is 2.03. The number of benzene rings is 1. The molecule has 1 amide bonds. The normalized spacial score (nSPS) is 11.6. The average Bonchev–Trinajstić information content (AvgIpc) is 2.26. The molecule has 0 aliphatic heterocycles. The highest BCUT2D eigenvalue weighted by Gasteiger charge is 2.12. The van der Waals surface area contributed by atoms with Gasteiger partial charge in [-0.15, -0.1) is 0 Å². The Kier molecular flexibility index (Phi) is 5.20. The van der Waals surface area contributed by atoms with E-state index >= 15 is 0 Å². The van der Waals surface area contributed by atoms with Crippen LogP contribution < -0.4 is 5.32 Å². The van der Waals surface area contributed by atoms with Crippen molar-refractivity contribution >= 4 is 11.9 Å². The molecule has 4 nitrogen and oxygen atoms in total. The minimum Gasteiger partial charge on any atom is -0.464 e. The summed E-state index contributed by atoms with van der Waals surface area (Å²) in [6.07, 6.45) is 0.647. The van der Waals surface area contributed by atoms with Crippen molar-refractivity contribution < 1.29 is 14.3 Å². The van der Waals surface area contributed by atoms with Gasteiger partial charge in [-0.2, -0.15) is 0 Å². The van der Waals surface area contributed by atoms with Crippen LogP contribution in [0.25, 0.3) is 0 Å². The molecule has 0 heterocycles. The number of rotatable bonds is 5. The first-order valence-electron chi connectivity index (χ1n) is 5.52. The lowest BCUT2D eigenvalue weighted by atomic mass is 10.1. The van der Waals surface area contributed by atoms with Crippen LogP contribution in [0.2, 0.25) is 0 Å². The fourth-order valence-corrected chi connectivity index (χ4v) is 1.56. The Bertz CT molecular complexity index is 376. The Morgan fingerprint density at radius 2 is 1.88 bits per heavy atom. The molecule has 0 fully saturated rings. The third-order valence-corrected chi connectivity index (χ3v) is 2.22. The molecule has 1 N–H and O–H groups in total. The van der Waals surface area contributed by atoms with Gasteiger partial charge in [0.2, 0.25) is 5.91 Å². The van der Waals surface area contributed by atoms with E-state index in [9.17, 15) is 9.59 Å². The molecule has 17 heavy (non-hydrogen) atoms. The van der Waals surface area contributed by atoms with Crippen LogP contribution in [0.5, 0.6) is 0 Å². The average molecular weight is 235 g/mol. The van der Waals surface area contributed by atoms with Gasteiger partial charge in [-0.3, -0.25) is 9.59 Å². The molecule has 92 valence electrons. The lowest BCUT2D eigenvalue weighted by Crippen LogP contribution is -2.39. The van der Waals surface area contributed by atoms with Crippen molar-refractivity contribution in [3.63, 3.8) is 0 Å². The first-order chi connectivity index (χ1) is 8.08. The SMILES string of the molecule is CC(=O)N[C@H](COC(C)=O)Cc1ccccc1. The van der Waals surface area contributed by atoms with Gasteiger partial charge in [0, 0.05) is 13.8 Å². The van der Waals surface area contributed by atoms with Crippen LogP contribution in [-0.4, -0.2) is 24.5 Å². The second-order valence-corrected chi connectivity index (χ2v) is 3.89. The van der Waals surface area contributed by atoms with Gasteiger partial charge in [0.15, 0.2) is 0 Å². The quantitative estimate of drug-likeness (QED) is 0.782. The molecule has 0 spiro atoms. The molecule has 1 atom stereocenters. The zero-order chi connectivity index (χ0) is 12.7. The number of hydrogen-bond donors (Lipinski definition) is 1. The van der Waals surface area contributed by atoms with E-state index in [0.29, 0.717) is 6.42 Å². The maximum absolute atomic E-state index is 11.0. The second-order valence-electron chi connectivity index (χ2n) is 3.89. The maximum Gasteiger partial charge on any atom is 0.302 e. The first-order valence-corrected chi connectivity index (χ1v) is 5.52. The van der Waals surface area contributed by atoms with Crippen LogP contribution in [0.3, 0.4) is 0 Å². The van der Waals surface area contributed by atoms with Gasteiger partial charge in [0.05, 0.1) is 6.04 Å². The van der Waals surface area contributed by atoms with E-state index in [2.05, 4.69) is 5.32 Å². The Morgan fingerprint density at radius 1 is 1.24 bits per heavy atom. The smallest absolute Gasteiger partial charge is 0.302 e. The molecular weight excluding hydrogens is 218 g/mol. The number of hydrogen-bond acceptors (Lipinski definition) is 3. The van der Waals surface area contributed by atoms with Gasteiger partial charge in [0.25, 0.3) is 0 Å². The fraction of sp³-hybridized carbons (Fsp3) is 0.385. The third kappa shape index (κ3) is 5.70. The molecule has 0 unspecified atom stereocenters. The van der Waals surface area contributed by atoms with E-state index in [0.717, 1.165) is 5.56 Å².